The number of nitrogens with zero attached hydrogens (tertiary/aromatic N) is 2. The second kappa shape index (κ2) is 9.35. The lowest BCUT2D eigenvalue weighted by atomic mass is 10.1. The van der Waals surface area contributed by atoms with Crippen LogP contribution in [-0.4, -0.2) is 57.4 Å². The summed E-state index contributed by atoms with van der Waals surface area (Å²) in [4.78, 5) is 16.6. The van der Waals surface area contributed by atoms with Gasteiger partial charge in [-0.1, -0.05) is 24.3 Å². The normalized spacial score (nSPS) is 14.0. The molecule has 6 nitrogen and oxygen atoms in total. The Morgan fingerprint density at radius 2 is 1.71 bits per heavy atom. The van der Waals surface area contributed by atoms with E-state index in [1.54, 1.807) is 7.11 Å². The van der Waals surface area contributed by atoms with Crippen molar-refractivity contribution in [2.45, 2.75) is 13.8 Å². The zero-order valence-electron chi connectivity index (χ0n) is 16.9. The first-order valence-electron chi connectivity index (χ1n) is 9.70. The summed E-state index contributed by atoms with van der Waals surface area (Å²) in [7, 11) is 1.61. The van der Waals surface area contributed by atoms with Crippen molar-refractivity contribution in [3.05, 3.63) is 53.6 Å². The van der Waals surface area contributed by atoms with Crippen molar-refractivity contribution >= 4 is 11.7 Å². The molecule has 0 radical (unpaired) electrons. The molecular weight excluding hydrogens is 354 g/mol. The zero-order valence-corrected chi connectivity index (χ0v) is 16.9. The highest BCUT2D eigenvalue weighted by atomic mass is 16.5. The van der Waals surface area contributed by atoms with Gasteiger partial charge in [-0.15, -0.1) is 0 Å². The van der Waals surface area contributed by atoms with Gasteiger partial charge < -0.3 is 24.6 Å². The van der Waals surface area contributed by atoms with E-state index < -0.39 is 0 Å². The number of para-hydroxylation sites is 2. The lowest BCUT2D eigenvalue weighted by molar-refractivity contribution is 0.191. The van der Waals surface area contributed by atoms with Crippen LogP contribution < -0.4 is 19.7 Å². The van der Waals surface area contributed by atoms with Crippen LogP contribution in [0.3, 0.4) is 0 Å². The van der Waals surface area contributed by atoms with Gasteiger partial charge in [0.05, 0.1) is 13.7 Å². The van der Waals surface area contributed by atoms with Crippen molar-refractivity contribution in [3.8, 4) is 11.5 Å². The Kier molecular flexibility index (Phi) is 6.63. The number of anilines is 1. The number of hydrogen-bond donors (Lipinski definition) is 1. The number of piperazine rings is 1. The van der Waals surface area contributed by atoms with Gasteiger partial charge >= 0.3 is 6.03 Å². The third-order valence-electron chi connectivity index (χ3n) is 5.19. The number of amides is 2. The van der Waals surface area contributed by atoms with Crippen LogP contribution in [0.4, 0.5) is 10.5 Å². The molecule has 0 aliphatic carbocycles. The number of ether oxygens (including phenoxy) is 2. The van der Waals surface area contributed by atoms with Crippen molar-refractivity contribution in [2.75, 3.05) is 51.3 Å². The fourth-order valence-corrected chi connectivity index (χ4v) is 3.40. The van der Waals surface area contributed by atoms with E-state index in [1.165, 1.54) is 16.8 Å². The van der Waals surface area contributed by atoms with Crippen molar-refractivity contribution in [1.29, 1.82) is 0 Å². The monoisotopic (exact) mass is 383 g/mol. The Morgan fingerprint density at radius 1 is 1.00 bits per heavy atom. The van der Waals surface area contributed by atoms with Gasteiger partial charge in [-0.3, -0.25) is 0 Å². The summed E-state index contributed by atoms with van der Waals surface area (Å²) in [6.45, 7) is 8.26. The van der Waals surface area contributed by atoms with Crippen molar-refractivity contribution in [1.82, 2.24) is 10.2 Å². The van der Waals surface area contributed by atoms with Crippen LogP contribution in [0, 0.1) is 13.8 Å². The van der Waals surface area contributed by atoms with E-state index in [0.29, 0.717) is 37.7 Å². The molecule has 0 spiro atoms. The average Bonchev–Trinajstić information content (AvgIpc) is 2.73. The average molecular weight is 383 g/mol. The van der Waals surface area contributed by atoms with Gasteiger partial charge in [0.15, 0.2) is 11.5 Å². The first-order valence-corrected chi connectivity index (χ1v) is 9.70. The molecule has 150 valence electrons. The summed E-state index contributed by atoms with van der Waals surface area (Å²) in [5.41, 5.74) is 3.88. The summed E-state index contributed by atoms with van der Waals surface area (Å²) >= 11 is 0. The number of hydrogen-bond acceptors (Lipinski definition) is 4. The molecule has 2 aromatic rings. The first kappa shape index (κ1) is 19.9. The molecule has 3 rings (SSSR count). The van der Waals surface area contributed by atoms with E-state index in [4.69, 9.17) is 9.47 Å². The molecule has 1 N–H and O–H groups in total. The zero-order chi connectivity index (χ0) is 19.9. The highest BCUT2D eigenvalue weighted by Gasteiger charge is 2.22. The Bertz CT molecular complexity index is 801. The highest BCUT2D eigenvalue weighted by molar-refractivity contribution is 5.74. The van der Waals surface area contributed by atoms with Crippen LogP contribution in [0.2, 0.25) is 0 Å². The summed E-state index contributed by atoms with van der Waals surface area (Å²) in [5.74, 6) is 1.37. The molecule has 1 aliphatic heterocycles. The Balaban J connectivity index is 1.42. The number of carbonyl (C=O) groups excluding carboxylic acids is 1. The van der Waals surface area contributed by atoms with Crippen LogP contribution >= 0.6 is 0 Å². The molecule has 2 aromatic carbocycles. The molecule has 0 bridgehead atoms. The molecule has 1 fully saturated rings. The van der Waals surface area contributed by atoms with Gasteiger partial charge in [0, 0.05) is 31.9 Å². The minimum atomic E-state index is -0.0377. The van der Waals surface area contributed by atoms with E-state index in [-0.39, 0.29) is 6.03 Å². The fourth-order valence-electron chi connectivity index (χ4n) is 3.40. The molecule has 28 heavy (non-hydrogen) atoms. The maximum Gasteiger partial charge on any atom is 0.317 e. The lowest BCUT2D eigenvalue weighted by Gasteiger charge is -2.37. The fraction of sp³-hybridized carbons (Fsp3) is 0.409. The molecule has 1 heterocycles. The van der Waals surface area contributed by atoms with Gasteiger partial charge in [-0.2, -0.15) is 0 Å². The Labute approximate surface area is 167 Å². The summed E-state index contributed by atoms with van der Waals surface area (Å²) < 4.78 is 11.0. The predicted octanol–water partition coefficient (Wildman–Crippen LogP) is 3.22. The van der Waals surface area contributed by atoms with Crippen molar-refractivity contribution < 1.29 is 14.3 Å². The van der Waals surface area contributed by atoms with Crippen molar-refractivity contribution in [2.24, 2.45) is 0 Å². The second-order valence-corrected chi connectivity index (χ2v) is 6.92. The minimum Gasteiger partial charge on any atom is -0.493 e. The number of rotatable bonds is 6. The number of aryl methyl sites for hydroxylation is 1. The van der Waals surface area contributed by atoms with Gasteiger partial charge in [0.2, 0.25) is 0 Å². The highest BCUT2D eigenvalue weighted by Crippen LogP contribution is 2.25. The lowest BCUT2D eigenvalue weighted by Crippen LogP contribution is -2.52. The molecule has 0 saturated carbocycles. The van der Waals surface area contributed by atoms with Crippen molar-refractivity contribution in [3.63, 3.8) is 0 Å². The van der Waals surface area contributed by atoms with Crippen LogP contribution in [0.15, 0.2) is 42.5 Å². The smallest absolute Gasteiger partial charge is 0.317 e. The first-order chi connectivity index (χ1) is 13.6. The van der Waals surface area contributed by atoms with Gasteiger partial charge in [-0.25, -0.2) is 4.79 Å². The van der Waals surface area contributed by atoms with Crippen LogP contribution in [0.25, 0.3) is 0 Å². The maximum atomic E-state index is 12.4. The quantitative estimate of drug-likeness (QED) is 0.778. The minimum absolute atomic E-state index is 0.0377. The van der Waals surface area contributed by atoms with Gasteiger partial charge in [-0.05, 0) is 43.2 Å². The van der Waals surface area contributed by atoms with E-state index in [2.05, 4.69) is 42.3 Å². The number of methoxy groups -OCH3 is 1. The predicted molar refractivity (Wildman–Crippen MR) is 112 cm³/mol. The standard InChI is InChI=1S/C22H29N3O3/c1-17-7-6-8-19(18(17)2)24-12-14-25(15-13-24)22(26)23-11-16-28-21-10-5-4-9-20(21)27-3/h4-10H,11-16H2,1-3H3,(H,23,26). The molecule has 6 heteroatoms. The Hall–Kier alpha value is -2.89. The Morgan fingerprint density at radius 3 is 2.43 bits per heavy atom. The van der Waals surface area contributed by atoms with Crippen LogP contribution in [-0.2, 0) is 0 Å². The number of urea groups is 1. The molecule has 0 aromatic heterocycles. The topological polar surface area (TPSA) is 54.0 Å². The summed E-state index contributed by atoms with van der Waals surface area (Å²) in [6.07, 6.45) is 0. The SMILES string of the molecule is COc1ccccc1OCCNC(=O)N1CCN(c2cccc(C)c2C)CC1. The van der Waals surface area contributed by atoms with Gasteiger partial charge in [0.25, 0.3) is 0 Å². The number of nitrogens with one attached hydrogen (secondary N) is 1. The molecule has 0 unspecified atom stereocenters. The third kappa shape index (κ3) is 4.68. The number of benzene rings is 2. The molecular formula is C22H29N3O3. The second-order valence-electron chi connectivity index (χ2n) is 6.92. The molecule has 1 saturated heterocycles. The largest absolute Gasteiger partial charge is 0.493 e. The van der Waals surface area contributed by atoms with Crippen LogP contribution in [0.5, 0.6) is 11.5 Å². The van der Waals surface area contributed by atoms with E-state index in [0.717, 1.165) is 13.1 Å². The van der Waals surface area contributed by atoms with Crippen LogP contribution in [0.1, 0.15) is 11.1 Å². The third-order valence-corrected chi connectivity index (χ3v) is 5.19. The molecule has 0 atom stereocenters. The summed E-state index contributed by atoms with van der Waals surface area (Å²) in [6, 6.07) is 13.8. The summed E-state index contributed by atoms with van der Waals surface area (Å²) in [5, 5.41) is 2.94. The number of carbonyl (C=O) groups is 1. The van der Waals surface area contributed by atoms with E-state index in [9.17, 15) is 4.79 Å². The van der Waals surface area contributed by atoms with Gasteiger partial charge in [0.1, 0.15) is 6.61 Å². The molecule has 2 amide bonds. The molecule has 1 aliphatic rings. The van der Waals surface area contributed by atoms with E-state index >= 15 is 0 Å². The maximum absolute atomic E-state index is 12.4. The van der Waals surface area contributed by atoms with E-state index in [1.807, 2.05) is 29.2 Å².